The summed E-state index contributed by atoms with van der Waals surface area (Å²) < 4.78 is 0. The molecule has 2 atom stereocenters. The van der Waals surface area contributed by atoms with Gasteiger partial charge in [-0.25, -0.2) is 0 Å². The van der Waals surface area contributed by atoms with Gasteiger partial charge < -0.3 is 9.99 Å². The van der Waals surface area contributed by atoms with E-state index in [0.29, 0.717) is 6.42 Å². The van der Waals surface area contributed by atoms with E-state index < -0.39 is 5.97 Å². The second kappa shape index (κ2) is 3.89. The van der Waals surface area contributed by atoms with Crippen molar-refractivity contribution in [2.45, 2.75) is 24.9 Å². The van der Waals surface area contributed by atoms with Crippen LogP contribution in [0.4, 0.5) is 0 Å². The van der Waals surface area contributed by atoms with E-state index in [1.807, 2.05) is 30.3 Å². The zero-order chi connectivity index (χ0) is 11.8. The second-order valence-electron chi connectivity index (χ2n) is 4.31. The van der Waals surface area contributed by atoms with E-state index in [1.54, 1.807) is 0 Å². The largest absolute Gasteiger partial charge is 0.481 e. The molecule has 0 spiro atoms. The molecular weight excluding hydrogens is 220 g/mol. The minimum atomic E-state index is -0.779. The first kappa shape index (κ1) is 10.4. The van der Waals surface area contributed by atoms with Crippen LogP contribution in [0.3, 0.4) is 0 Å². The van der Waals surface area contributed by atoms with Gasteiger partial charge in [0.25, 0.3) is 0 Å². The first-order valence-electron chi connectivity index (χ1n) is 5.61. The molecule has 17 heavy (non-hydrogen) atoms. The van der Waals surface area contributed by atoms with Crippen LogP contribution in [0.25, 0.3) is 6.08 Å². The van der Waals surface area contributed by atoms with Gasteiger partial charge in [-0.2, -0.15) is 4.89 Å². The molecule has 2 aliphatic rings. The summed E-state index contributed by atoms with van der Waals surface area (Å²) in [7, 11) is 0. The Hall–Kier alpha value is -1.81. The van der Waals surface area contributed by atoms with Crippen molar-refractivity contribution in [1.29, 1.82) is 0 Å². The van der Waals surface area contributed by atoms with E-state index in [1.165, 1.54) is 0 Å². The third-order valence-corrected chi connectivity index (χ3v) is 3.26. The second-order valence-corrected chi connectivity index (χ2v) is 4.31. The number of fused-ring (bicyclic) bond motifs is 2. The quantitative estimate of drug-likeness (QED) is 0.812. The zero-order valence-electron chi connectivity index (χ0n) is 9.13. The lowest BCUT2D eigenvalue weighted by Crippen LogP contribution is -2.37. The Bertz CT molecular complexity index is 492. The van der Waals surface area contributed by atoms with E-state index in [9.17, 15) is 4.79 Å². The molecule has 1 saturated heterocycles. The Labute approximate surface area is 98.4 Å². The Kier molecular flexibility index (Phi) is 2.37. The lowest BCUT2D eigenvalue weighted by atomic mass is 9.81. The lowest BCUT2D eigenvalue weighted by molar-refractivity contribution is -0.381. The highest BCUT2D eigenvalue weighted by atomic mass is 17.2. The molecule has 1 aliphatic carbocycles. The number of carboxylic acids is 1. The van der Waals surface area contributed by atoms with Crippen molar-refractivity contribution in [3.63, 3.8) is 0 Å². The highest BCUT2D eigenvalue weighted by Crippen LogP contribution is 2.43. The first-order valence-corrected chi connectivity index (χ1v) is 5.61. The Morgan fingerprint density at radius 3 is 2.88 bits per heavy atom. The first-order chi connectivity index (χ1) is 8.25. The molecule has 1 fully saturated rings. The van der Waals surface area contributed by atoms with Crippen molar-refractivity contribution >= 4 is 12.0 Å². The maximum absolute atomic E-state index is 10.7. The molecule has 1 aromatic rings. The van der Waals surface area contributed by atoms with Crippen LogP contribution in [0.1, 0.15) is 29.9 Å². The molecule has 0 saturated carbocycles. The van der Waals surface area contributed by atoms with Crippen molar-refractivity contribution in [2.24, 2.45) is 0 Å². The Morgan fingerprint density at radius 2 is 2.18 bits per heavy atom. The summed E-state index contributed by atoms with van der Waals surface area (Å²) in [5.41, 5.74) is 2.24. The predicted octanol–water partition coefficient (Wildman–Crippen LogP) is 2.32. The summed E-state index contributed by atoms with van der Waals surface area (Å²) in [6.45, 7) is 0. The maximum Gasteiger partial charge on any atom is 0.303 e. The van der Waals surface area contributed by atoms with Gasteiger partial charge in [-0.1, -0.05) is 24.3 Å². The fraction of sp³-hybridized carbons (Fsp3) is 0.308. The van der Waals surface area contributed by atoms with Crippen molar-refractivity contribution in [2.75, 3.05) is 0 Å². The fourth-order valence-electron chi connectivity index (χ4n) is 2.41. The number of hydrogen-bond acceptors (Lipinski definition) is 3. The molecule has 0 radical (unpaired) electrons. The Morgan fingerprint density at radius 1 is 1.35 bits per heavy atom. The zero-order valence-corrected chi connectivity index (χ0v) is 9.13. The van der Waals surface area contributed by atoms with Gasteiger partial charge in [0.1, 0.15) is 0 Å². The minimum Gasteiger partial charge on any atom is -0.481 e. The van der Waals surface area contributed by atoms with Gasteiger partial charge in [-0.15, -0.1) is 0 Å². The molecule has 1 N–H and O–H groups in total. The van der Waals surface area contributed by atoms with Crippen LogP contribution in [-0.4, -0.2) is 17.2 Å². The van der Waals surface area contributed by atoms with Crippen LogP contribution in [0.2, 0.25) is 0 Å². The molecule has 4 heteroatoms. The standard InChI is InChI=1S/C13H12O4/c14-12(15)6-5-10-9-4-2-1-3-8(9)7-11-13(10)17-16-11/h1-4,7,10,13H,5-6H2,(H,14,15). The topological polar surface area (TPSA) is 55.8 Å². The predicted molar refractivity (Wildman–Crippen MR) is 60.0 cm³/mol. The lowest BCUT2D eigenvalue weighted by Gasteiger charge is -2.38. The molecule has 1 aromatic carbocycles. The maximum atomic E-state index is 10.7. The van der Waals surface area contributed by atoms with Crippen LogP contribution in [0.15, 0.2) is 30.0 Å². The number of carbonyl (C=O) groups is 1. The SMILES string of the molecule is O=C(O)CCC1c2ccccc2C=C2OOC21. The van der Waals surface area contributed by atoms with E-state index in [0.717, 1.165) is 16.9 Å². The summed E-state index contributed by atoms with van der Waals surface area (Å²) in [6, 6.07) is 7.96. The number of aliphatic carboxylic acids is 1. The molecule has 1 aliphatic heterocycles. The van der Waals surface area contributed by atoms with Crippen molar-refractivity contribution < 1.29 is 19.7 Å². The summed E-state index contributed by atoms with van der Waals surface area (Å²) in [5, 5.41) is 8.78. The number of carboxylic acid groups (broad SMARTS) is 1. The van der Waals surface area contributed by atoms with Gasteiger partial charge in [0.2, 0.25) is 0 Å². The number of benzene rings is 1. The van der Waals surface area contributed by atoms with E-state index in [4.69, 9.17) is 14.9 Å². The molecular formula is C13H12O4. The van der Waals surface area contributed by atoms with E-state index in [2.05, 4.69) is 0 Å². The van der Waals surface area contributed by atoms with Crippen molar-refractivity contribution in [1.82, 2.24) is 0 Å². The van der Waals surface area contributed by atoms with Gasteiger partial charge in [0.05, 0.1) is 0 Å². The average molecular weight is 232 g/mol. The van der Waals surface area contributed by atoms with Crippen LogP contribution in [0, 0.1) is 0 Å². The van der Waals surface area contributed by atoms with Gasteiger partial charge in [0, 0.05) is 12.3 Å². The van der Waals surface area contributed by atoms with Crippen LogP contribution in [-0.2, 0) is 14.6 Å². The normalized spacial score (nSPS) is 24.8. The smallest absolute Gasteiger partial charge is 0.303 e. The van der Waals surface area contributed by atoms with Crippen molar-refractivity contribution in [3.8, 4) is 0 Å². The Balaban J connectivity index is 1.92. The number of hydrogen-bond donors (Lipinski definition) is 1. The molecule has 4 nitrogen and oxygen atoms in total. The van der Waals surface area contributed by atoms with Gasteiger partial charge in [-0.3, -0.25) is 4.79 Å². The van der Waals surface area contributed by atoms with Crippen LogP contribution < -0.4 is 0 Å². The summed E-state index contributed by atoms with van der Waals surface area (Å²) in [6.07, 6.45) is 2.56. The molecule has 0 amide bonds. The van der Waals surface area contributed by atoms with Crippen LogP contribution >= 0.6 is 0 Å². The van der Waals surface area contributed by atoms with E-state index in [-0.39, 0.29) is 18.4 Å². The molecule has 0 bridgehead atoms. The average Bonchev–Trinajstić information content (AvgIpc) is 2.29. The molecule has 1 heterocycles. The summed E-state index contributed by atoms with van der Waals surface area (Å²) in [5.74, 6) is 0.106. The monoisotopic (exact) mass is 232 g/mol. The third-order valence-electron chi connectivity index (χ3n) is 3.26. The van der Waals surface area contributed by atoms with Gasteiger partial charge in [-0.05, 0) is 23.6 Å². The van der Waals surface area contributed by atoms with Crippen molar-refractivity contribution in [3.05, 3.63) is 41.2 Å². The highest BCUT2D eigenvalue weighted by Gasteiger charge is 2.41. The minimum absolute atomic E-state index is 0.0797. The summed E-state index contributed by atoms with van der Waals surface area (Å²) in [4.78, 5) is 20.7. The third kappa shape index (κ3) is 1.70. The molecule has 88 valence electrons. The summed E-state index contributed by atoms with van der Waals surface area (Å²) >= 11 is 0. The van der Waals surface area contributed by atoms with Gasteiger partial charge >= 0.3 is 5.97 Å². The molecule has 2 unspecified atom stereocenters. The van der Waals surface area contributed by atoms with E-state index >= 15 is 0 Å². The number of rotatable bonds is 3. The van der Waals surface area contributed by atoms with Gasteiger partial charge in [0.15, 0.2) is 11.9 Å². The molecule has 0 aromatic heterocycles. The fourth-order valence-corrected chi connectivity index (χ4v) is 2.41. The van der Waals surface area contributed by atoms with Crippen LogP contribution in [0.5, 0.6) is 0 Å². The molecule has 3 rings (SSSR count). The highest BCUT2D eigenvalue weighted by molar-refractivity contribution is 5.67.